The van der Waals surface area contributed by atoms with Crippen molar-refractivity contribution in [3.05, 3.63) is 42.0 Å². The van der Waals surface area contributed by atoms with Crippen LogP contribution in [0.2, 0.25) is 0 Å². The summed E-state index contributed by atoms with van der Waals surface area (Å²) in [5.74, 6) is 2.22. The van der Waals surface area contributed by atoms with E-state index in [1.807, 2.05) is 6.92 Å². The van der Waals surface area contributed by atoms with E-state index in [0.29, 0.717) is 40.7 Å². The molecular formula is C31H42N4O6. The van der Waals surface area contributed by atoms with E-state index in [1.54, 1.807) is 41.3 Å². The maximum atomic E-state index is 13.7. The molecule has 3 N–H and O–H groups in total. The lowest BCUT2D eigenvalue weighted by Gasteiger charge is -2.38. The molecule has 2 aromatic rings. The Bertz CT molecular complexity index is 1230. The highest BCUT2D eigenvalue weighted by atomic mass is 16.7. The van der Waals surface area contributed by atoms with Gasteiger partial charge in [0.15, 0.2) is 11.5 Å². The van der Waals surface area contributed by atoms with Crippen molar-refractivity contribution < 1.29 is 28.9 Å². The number of fused-ring (bicyclic) bond motifs is 2. The van der Waals surface area contributed by atoms with Gasteiger partial charge >= 0.3 is 6.03 Å². The standard InChI is InChI=1S/C31H42N4O6/c1-20-15-35(21(2)18-36)30(37)25-13-23(32-31(38)33-24-10-12-27-28(14-24)40-19-39-27)9-11-26(25)41-29(20)17-34(3)16-22-7-5-4-6-8-22/h9-14,20-22,29,36H,4-8,15-19H2,1-3H3,(H2,32,33,38)/t20-,21-,29-/m0/s1. The highest BCUT2D eigenvalue weighted by Gasteiger charge is 2.34. The Kier molecular flexibility index (Phi) is 9.19. The van der Waals surface area contributed by atoms with Crippen molar-refractivity contribution in [3.63, 3.8) is 0 Å². The number of nitrogens with zero attached hydrogens (tertiary/aromatic N) is 2. The summed E-state index contributed by atoms with van der Waals surface area (Å²) in [6.07, 6.45) is 6.37. The maximum Gasteiger partial charge on any atom is 0.323 e. The number of likely N-dealkylation sites (N-methyl/N-ethyl adjacent to an activating group) is 1. The number of rotatable bonds is 8. The van der Waals surface area contributed by atoms with Crippen LogP contribution in [0.15, 0.2) is 36.4 Å². The monoisotopic (exact) mass is 566 g/mol. The second-order valence-electron chi connectivity index (χ2n) is 11.7. The second-order valence-corrected chi connectivity index (χ2v) is 11.7. The summed E-state index contributed by atoms with van der Waals surface area (Å²) in [6.45, 7) is 6.20. The Hall–Kier alpha value is -3.50. The average molecular weight is 567 g/mol. The van der Waals surface area contributed by atoms with Gasteiger partial charge in [-0.2, -0.15) is 0 Å². The fourth-order valence-corrected chi connectivity index (χ4v) is 5.98. The number of nitrogens with one attached hydrogen (secondary N) is 2. The first-order valence-electron chi connectivity index (χ1n) is 14.7. The topological polar surface area (TPSA) is 113 Å². The largest absolute Gasteiger partial charge is 0.488 e. The van der Waals surface area contributed by atoms with Crippen molar-refractivity contribution in [1.82, 2.24) is 9.80 Å². The summed E-state index contributed by atoms with van der Waals surface area (Å²) >= 11 is 0. The number of carbonyl (C=O) groups excluding carboxylic acids is 2. The minimum Gasteiger partial charge on any atom is -0.488 e. The number of hydrogen-bond acceptors (Lipinski definition) is 7. The maximum absolute atomic E-state index is 13.7. The number of hydrogen-bond donors (Lipinski definition) is 3. The summed E-state index contributed by atoms with van der Waals surface area (Å²) in [6, 6.07) is 9.47. The van der Waals surface area contributed by atoms with Crippen LogP contribution in [0.4, 0.5) is 16.2 Å². The second kappa shape index (κ2) is 13.0. The van der Waals surface area contributed by atoms with Crippen molar-refractivity contribution in [1.29, 1.82) is 0 Å². The van der Waals surface area contributed by atoms with E-state index in [0.717, 1.165) is 19.0 Å². The first kappa shape index (κ1) is 29.0. The highest BCUT2D eigenvalue weighted by Crippen LogP contribution is 2.35. The SMILES string of the molecule is C[C@H]1CN([C@@H](C)CO)C(=O)c2cc(NC(=O)Nc3ccc4c(c3)OCO4)ccc2O[C@H]1CN(C)CC1CCCCC1. The van der Waals surface area contributed by atoms with Gasteiger partial charge in [-0.05, 0) is 63.1 Å². The molecule has 1 aliphatic carbocycles. The molecule has 2 aliphatic heterocycles. The van der Waals surface area contributed by atoms with Crippen molar-refractivity contribution in [2.24, 2.45) is 11.8 Å². The van der Waals surface area contributed by atoms with Crippen molar-refractivity contribution in [2.75, 3.05) is 50.7 Å². The molecule has 0 spiro atoms. The third-order valence-corrected chi connectivity index (χ3v) is 8.34. The molecule has 1 saturated carbocycles. The quantitative estimate of drug-likeness (QED) is 0.421. The molecule has 3 amide bonds. The van der Waals surface area contributed by atoms with Gasteiger partial charge in [-0.1, -0.05) is 26.2 Å². The molecule has 2 aromatic carbocycles. The number of benzene rings is 2. The fourth-order valence-electron chi connectivity index (χ4n) is 5.98. The summed E-state index contributed by atoms with van der Waals surface area (Å²) in [5, 5.41) is 15.6. The zero-order valence-corrected chi connectivity index (χ0v) is 24.2. The van der Waals surface area contributed by atoms with Gasteiger partial charge in [0, 0.05) is 43.0 Å². The van der Waals surface area contributed by atoms with E-state index >= 15 is 0 Å². The van der Waals surface area contributed by atoms with E-state index in [2.05, 4.69) is 29.5 Å². The molecule has 0 aromatic heterocycles. The van der Waals surface area contributed by atoms with E-state index in [1.165, 1.54) is 32.1 Å². The van der Waals surface area contributed by atoms with Gasteiger partial charge in [-0.25, -0.2) is 4.79 Å². The van der Waals surface area contributed by atoms with Gasteiger partial charge in [0.1, 0.15) is 11.9 Å². The molecule has 0 radical (unpaired) electrons. The Morgan fingerprint density at radius 3 is 2.44 bits per heavy atom. The van der Waals surface area contributed by atoms with Crippen LogP contribution >= 0.6 is 0 Å². The minimum atomic E-state index is -0.459. The molecule has 5 rings (SSSR count). The van der Waals surface area contributed by atoms with Crippen LogP contribution in [-0.4, -0.2) is 79.1 Å². The number of aliphatic hydroxyl groups excluding tert-OH is 1. The molecular weight excluding hydrogens is 524 g/mol. The van der Waals surface area contributed by atoms with Crippen molar-refractivity contribution in [2.45, 2.75) is 58.1 Å². The lowest BCUT2D eigenvalue weighted by atomic mass is 9.89. The van der Waals surface area contributed by atoms with Crippen LogP contribution in [0, 0.1) is 11.8 Å². The van der Waals surface area contributed by atoms with Crippen LogP contribution in [-0.2, 0) is 0 Å². The van der Waals surface area contributed by atoms with Gasteiger partial charge in [0.05, 0.1) is 18.2 Å². The van der Waals surface area contributed by atoms with Crippen LogP contribution in [0.1, 0.15) is 56.3 Å². The van der Waals surface area contributed by atoms with Crippen LogP contribution in [0.3, 0.4) is 0 Å². The van der Waals surface area contributed by atoms with Crippen LogP contribution in [0.25, 0.3) is 0 Å². The highest BCUT2D eigenvalue weighted by molar-refractivity contribution is 6.02. The summed E-state index contributed by atoms with van der Waals surface area (Å²) < 4.78 is 17.2. The Labute approximate surface area is 241 Å². The number of carbonyl (C=O) groups is 2. The molecule has 0 saturated heterocycles. The molecule has 3 atom stereocenters. The van der Waals surface area contributed by atoms with E-state index in [-0.39, 0.29) is 37.4 Å². The van der Waals surface area contributed by atoms with Gasteiger partial charge in [-0.3, -0.25) is 4.79 Å². The third kappa shape index (κ3) is 7.05. The average Bonchev–Trinajstić information content (AvgIpc) is 3.43. The predicted molar refractivity (Wildman–Crippen MR) is 157 cm³/mol. The number of anilines is 2. The van der Waals surface area contributed by atoms with Crippen LogP contribution in [0.5, 0.6) is 17.2 Å². The smallest absolute Gasteiger partial charge is 0.323 e. The Morgan fingerprint density at radius 2 is 1.71 bits per heavy atom. The molecule has 3 aliphatic rings. The Balaban J connectivity index is 1.32. The lowest BCUT2D eigenvalue weighted by Crippen LogP contribution is -2.50. The molecule has 2 heterocycles. The Morgan fingerprint density at radius 1 is 1.02 bits per heavy atom. The van der Waals surface area contributed by atoms with Crippen molar-refractivity contribution in [3.8, 4) is 17.2 Å². The number of urea groups is 1. The molecule has 10 heteroatoms. The van der Waals surface area contributed by atoms with Gasteiger partial charge in [0.25, 0.3) is 5.91 Å². The first-order chi connectivity index (χ1) is 19.8. The normalized spacial score (nSPS) is 21.5. The number of ether oxygens (including phenoxy) is 3. The van der Waals surface area contributed by atoms with Gasteiger partial charge in [-0.15, -0.1) is 0 Å². The van der Waals surface area contributed by atoms with Crippen LogP contribution < -0.4 is 24.8 Å². The zero-order valence-electron chi connectivity index (χ0n) is 24.2. The predicted octanol–water partition coefficient (Wildman–Crippen LogP) is 4.79. The van der Waals surface area contributed by atoms with Crippen molar-refractivity contribution >= 4 is 23.3 Å². The fraction of sp³-hybridized carbons (Fsp3) is 0.548. The van der Waals surface area contributed by atoms with Gasteiger partial charge < -0.3 is 39.8 Å². The van der Waals surface area contributed by atoms with Gasteiger partial charge in [0.2, 0.25) is 6.79 Å². The summed E-state index contributed by atoms with van der Waals surface area (Å²) in [5.41, 5.74) is 1.36. The number of amides is 3. The first-order valence-corrected chi connectivity index (χ1v) is 14.7. The molecule has 222 valence electrons. The zero-order chi connectivity index (χ0) is 28.9. The summed E-state index contributed by atoms with van der Waals surface area (Å²) in [4.78, 5) is 30.6. The van der Waals surface area contributed by atoms with E-state index < -0.39 is 6.03 Å². The minimum absolute atomic E-state index is 0.0557. The molecule has 41 heavy (non-hydrogen) atoms. The molecule has 0 bridgehead atoms. The number of aliphatic hydroxyl groups is 1. The third-order valence-electron chi connectivity index (χ3n) is 8.34. The summed E-state index contributed by atoms with van der Waals surface area (Å²) in [7, 11) is 2.15. The van der Waals surface area contributed by atoms with E-state index in [9.17, 15) is 14.7 Å². The lowest BCUT2D eigenvalue weighted by molar-refractivity contribution is 0.0330. The molecule has 0 unspecified atom stereocenters. The van der Waals surface area contributed by atoms with E-state index in [4.69, 9.17) is 14.2 Å². The molecule has 1 fully saturated rings. The molecule has 10 nitrogen and oxygen atoms in total.